The van der Waals surface area contributed by atoms with Crippen LogP contribution in [0.5, 0.6) is 0 Å². The van der Waals surface area contributed by atoms with Gasteiger partial charge in [0.2, 0.25) is 5.91 Å². The van der Waals surface area contributed by atoms with Crippen LogP contribution in [0.4, 0.5) is 0 Å². The topological polar surface area (TPSA) is 62.9 Å². The van der Waals surface area contributed by atoms with Gasteiger partial charge in [-0.3, -0.25) is 4.79 Å². The summed E-state index contributed by atoms with van der Waals surface area (Å²) in [7, 11) is 0. The minimum Gasteiger partial charge on any atom is -0.467 e. The van der Waals surface area contributed by atoms with E-state index < -0.39 is 0 Å². The largest absolute Gasteiger partial charge is 0.467 e. The molecule has 1 atom stereocenters. The summed E-state index contributed by atoms with van der Waals surface area (Å²) < 4.78 is 10.4. The number of hydrogen-bond acceptors (Lipinski definition) is 4. The van der Waals surface area contributed by atoms with Crippen LogP contribution in [0.1, 0.15) is 12.2 Å². The van der Waals surface area contributed by atoms with Crippen molar-refractivity contribution in [1.82, 2.24) is 4.90 Å². The van der Waals surface area contributed by atoms with E-state index in [4.69, 9.17) is 14.3 Å². The van der Waals surface area contributed by atoms with Crippen LogP contribution in [0, 0.1) is 0 Å². The second-order valence-electron chi connectivity index (χ2n) is 3.78. The van der Waals surface area contributed by atoms with Gasteiger partial charge in [-0.25, -0.2) is 0 Å². The van der Waals surface area contributed by atoms with Gasteiger partial charge < -0.3 is 19.2 Å². The molecule has 1 aliphatic rings. The van der Waals surface area contributed by atoms with Gasteiger partial charge in [0.05, 0.1) is 25.5 Å². The van der Waals surface area contributed by atoms with Crippen molar-refractivity contribution >= 4 is 5.91 Å². The first-order chi connectivity index (χ1) is 7.81. The van der Waals surface area contributed by atoms with E-state index >= 15 is 0 Å². The normalized spacial score (nSPS) is 21.4. The molecule has 0 spiro atoms. The number of carbonyl (C=O) groups is 1. The molecule has 0 bridgehead atoms. The molecule has 0 saturated carbocycles. The Morgan fingerprint density at radius 3 is 3.12 bits per heavy atom. The quantitative estimate of drug-likeness (QED) is 0.805. The van der Waals surface area contributed by atoms with E-state index in [-0.39, 0.29) is 25.2 Å². The second kappa shape index (κ2) is 5.14. The molecule has 1 amide bonds. The van der Waals surface area contributed by atoms with Crippen molar-refractivity contribution in [3.8, 4) is 0 Å². The van der Waals surface area contributed by atoms with Crippen molar-refractivity contribution < 1.29 is 19.1 Å². The number of morpholine rings is 1. The number of aliphatic hydroxyl groups is 1. The fraction of sp³-hybridized carbons (Fsp3) is 0.545. The van der Waals surface area contributed by atoms with E-state index in [0.717, 1.165) is 5.76 Å². The summed E-state index contributed by atoms with van der Waals surface area (Å²) in [5.74, 6) is 0.694. The van der Waals surface area contributed by atoms with E-state index in [1.165, 1.54) is 0 Å². The van der Waals surface area contributed by atoms with Crippen LogP contribution in [0.3, 0.4) is 0 Å². The Morgan fingerprint density at radius 2 is 2.44 bits per heavy atom. The van der Waals surface area contributed by atoms with Gasteiger partial charge in [-0.2, -0.15) is 0 Å². The van der Waals surface area contributed by atoms with Crippen molar-refractivity contribution in [2.45, 2.75) is 19.0 Å². The zero-order valence-corrected chi connectivity index (χ0v) is 8.96. The Labute approximate surface area is 93.6 Å². The maximum Gasteiger partial charge on any atom is 0.249 e. The first-order valence-corrected chi connectivity index (χ1v) is 5.31. The van der Waals surface area contributed by atoms with Crippen LogP contribution < -0.4 is 0 Å². The number of carbonyl (C=O) groups excluding carboxylic acids is 1. The molecule has 2 rings (SSSR count). The third kappa shape index (κ3) is 2.43. The van der Waals surface area contributed by atoms with E-state index in [2.05, 4.69) is 0 Å². The van der Waals surface area contributed by atoms with Gasteiger partial charge in [0, 0.05) is 6.61 Å². The Bertz CT molecular complexity index is 334. The van der Waals surface area contributed by atoms with Gasteiger partial charge in [0.15, 0.2) is 0 Å². The van der Waals surface area contributed by atoms with E-state index in [1.807, 2.05) is 6.07 Å². The Morgan fingerprint density at radius 1 is 1.56 bits per heavy atom. The monoisotopic (exact) mass is 225 g/mol. The zero-order valence-electron chi connectivity index (χ0n) is 8.96. The summed E-state index contributed by atoms with van der Waals surface area (Å²) >= 11 is 0. The maximum atomic E-state index is 11.7. The molecule has 5 nitrogen and oxygen atoms in total. The summed E-state index contributed by atoms with van der Waals surface area (Å²) in [4.78, 5) is 13.4. The van der Waals surface area contributed by atoms with Gasteiger partial charge in [0.1, 0.15) is 12.4 Å². The molecule has 1 unspecified atom stereocenters. The Kier molecular flexibility index (Phi) is 3.58. The van der Waals surface area contributed by atoms with Crippen LogP contribution in [0.25, 0.3) is 0 Å². The average Bonchev–Trinajstić information content (AvgIpc) is 2.76. The summed E-state index contributed by atoms with van der Waals surface area (Å²) in [6.07, 6.45) is 2.12. The molecular weight excluding hydrogens is 210 g/mol. The molecule has 2 heterocycles. The van der Waals surface area contributed by atoms with Crippen LogP contribution in [-0.4, -0.2) is 41.8 Å². The van der Waals surface area contributed by atoms with Gasteiger partial charge >= 0.3 is 0 Å². The number of aliphatic hydroxyl groups excluding tert-OH is 1. The summed E-state index contributed by atoms with van der Waals surface area (Å²) in [6, 6.07) is 3.57. The lowest BCUT2D eigenvalue weighted by Crippen LogP contribution is -2.49. The second-order valence-corrected chi connectivity index (χ2v) is 3.78. The predicted octanol–water partition coefficient (Wildman–Crippen LogP) is 0.389. The molecule has 1 N–H and O–H groups in total. The molecule has 0 radical (unpaired) electrons. The summed E-state index contributed by atoms with van der Waals surface area (Å²) in [6.45, 7) is 1.09. The van der Waals surface area contributed by atoms with Crippen molar-refractivity contribution in [3.63, 3.8) is 0 Å². The lowest BCUT2D eigenvalue weighted by Gasteiger charge is -2.34. The number of ether oxygens (including phenoxy) is 1. The zero-order chi connectivity index (χ0) is 11.4. The highest BCUT2D eigenvalue weighted by Crippen LogP contribution is 2.15. The average molecular weight is 225 g/mol. The third-order valence-corrected chi connectivity index (χ3v) is 2.67. The minimum absolute atomic E-state index is 0.0515. The SMILES string of the molecule is O=C1COCC(CCO)N1Cc1ccco1. The molecule has 0 aromatic carbocycles. The van der Waals surface area contributed by atoms with Crippen molar-refractivity contribution in [3.05, 3.63) is 24.2 Å². The Hall–Kier alpha value is -1.33. The molecule has 5 heteroatoms. The minimum atomic E-state index is -0.0589. The van der Waals surface area contributed by atoms with Crippen molar-refractivity contribution in [1.29, 1.82) is 0 Å². The fourth-order valence-corrected chi connectivity index (χ4v) is 1.83. The summed E-state index contributed by atoms with van der Waals surface area (Å²) in [5, 5.41) is 8.93. The highest BCUT2D eigenvalue weighted by molar-refractivity contribution is 5.78. The smallest absolute Gasteiger partial charge is 0.249 e. The number of rotatable bonds is 4. The highest BCUT2D eigenvalue weighted by atomic mass is 16.5. The van der Waals surface area contributed by atoms with Crippen LogP contribution in [-0.2, 0) is 16.1 Å². The van der Waals surface area contributed by atoms with Crippen molar-refractivity contribution in [2.24, 2.45) is 0 Å². The van der Waals surface area contributed by atoms with Gasteiger partial charge in [0.25, 0.3) is 0 Å². The van der Waals surface area contributed by atoms with E-state index in [1.54, 1.807) is 17.2 Å². The van der Waals surface area contributed by atoms with Gasteiger partial charge in [-0.15, -0.1) is 0 Å². The summed E-state index contributed by atoms with van der Waals surface area (Å²) in [5.41, 5.74) is 0. The molecule has 1 aliphatic heterocycles. The van der Waals surface area contributed by atoms with Crippen LogP contribution in [0.2, 0.25) is 0 Å². The highest BCUT2D eigenvalue weighted by Gasteiger charge is 2.28. The predicted molar refractivity (Wildman–Crippen MR) is 55.6 cm³/mol. The van der Waals surface area contributed by atoms with Crippen molar-refractivity contribution in [2.75, 3.05) is 19.8 Å². The maximum absolute atomic E-state index is 11.7. The molecule has 16 heavy (non-hydrogen) atoms. The number of furan rings is 1. The molecule has 0 aliphatic carbocycles. The lowest BCUT2D eigenvalue weighted by molar-refractivity contribution is -0.150. The fourth-order valence-electron chi connectivity index (χ4n) is 1.83. The first-order valence-electron chi connectivity index (χ1n) is 5.31. The van der Waals surface area contributed by atoms with E-state index in [0.29, 0.717) is 19.6 Å². The molecule has 1 saturated heterocycles. The molecule has 1 aromatic rings. The van der Waals surface area contributed by atoms with Gasteiger partial charge in [-0.1, -0.05) is 0 Å². The standard InChI is InChI=1S/C11H15NO4/c13-4-3-9-7-15-8-11(14)12(9)6-10-2-1-5-16-10/h1-2,5,9,13H,3-4,6-8H2. The molecular formula is C11H15NO4. The van der Waals surface area contributed by atoms with Crippen LogP contribution in [0.15, 0.2) is 22.8 Å². The molecule has 88 valence electrons. The third-order valence-electron chi connectivity index (χ3n) is 2.67. The number of nitrogens with zero attached hydrogens (tertiary/aromatic N) is 1. The first kappa shape index (κ1) is 11.2. The Balaban J connectivity index is 2.04. The van der Waals surface area contributed by atoms with Crippen LogP contribution >= 0.6 is 0 Å². The van der Waals surface area contributed by atoms with Gasteiger partial charge in [-0.05, 0) is 18.6 Å². The lowest BCUT2D eigenvalue weighted by atomic mass is 10.1. The molecule has 1 fully saturated rings. The van der Waals surface area contributed by atoms with E-state index in [9.17, 15) is 4.79 Å². The number of amides is 1. The number of hydrogen-bond donors (Lipinski definition) is 1. The molecule has 1 aromatic heterocycles.